The van der Waals surface area contributed by atoms with E-state index in [1.54, 1.807) is 0 Å². The highest BCUT2D eigenvalue weighted by Crippen LogP contribution is 2.17. The molecule has 150 valence electrons. The second kappa shape index (κ2) is 10.3. The van der Waals surface area contributed by atoms with Crippen molar-refractivity contribution in [3.05, 3.63) is 24.8 Å². The maximum Gasteiger partial charge on any atom is 0.333 e. The Morgan fingerprint density at radius 1 is 1.11 bits per heavy atom. The summed E-state index contributed by atoms with van der Waals surface area (Å²) in [4.78, 5) is 49.9. The normalized spacial score (nSPS) is 17.0. The number of aliphatic hydroxyl groups is 2. The van der Waals surface area contributed by atoms with Crippen LogP contribution in [0.5, 0.6) is 0 Å². The zero-order valence-electron chi connectivity index (χ0n) is 15.0. The summed E-state index contributed by atoms with van der Waals surface area (Å²) < 4.78 is 9.65. The number of rotatable bonds is 10. The number of esters is 2. The first-order valence-electron chi connectivity index (χ1n) is 8.04. The van der Waals surface area contributed by atoms with Crippen molar-refractivity contribution in [2.75, 3.05) is 39.5 Å². The van der Waals surface area contributed by atoms with Crippen LogP contribution in [0, 0.1) is 0 Å². The number of carbonyl (C=O) groups is 4. The number of hydrogen-bond acceptors (Lipinski definition) is 8. The Morgan fingerprint density at radius 3 is 2.19 bits per heavy atom. The van der Waals surface area contributed by atoms with Crippen LogP contribution >= 0.6 is 0 Å². The monoisotopic (exact) mass is 385 g/mol. The minimum Gasteiger partial charge on any atom is -0.461 e. The molecule has 2 N–H and O–H groups in total. The van der Waals surface area contributed by atoms with Crippen LogP contribution in [0.25, 0.3) is 0 Å². The number of aliphatic hydroxyl groups excluding tert-OH is 2. The lowest BCUT2D eigenvalue weighted by Crippen LogP contribution is -2.67. The van der Waals surface area contributed by atoms with Crippen molar-refractivity contribution in [2.45, 2.75) is 13.3 Å². The summed E-state index contributed by atoms with van der Waals surface area (Å²) in [5, 5.41) is 19.3. The van der Waals surface area contributed by atoms with Gasteiger partial charge in [-0.05, 0) is 6.92 Å². The molecule has 0 aromatic heterocycles. The van der Waals surface area contributed by atoms with Gasteiger partial charge in [-0.15, -0.1) is 0 Å². The molecule has 0 spiro atoms. The highest BCUT2D eigenvalue weighted by Gasteiger charge is 2.42. The van der Waals surface area contributed by atoms with Gasteiger partial charge in [0, 0.05) is 18.2 Å². The highest BCUT2D eigenvalue weighted by molar-refractivity contribution is 5.96. The molecule has 1 aliphatic rings. The average molecular weight is 385 g/mol. The topological polar surface area (TPSA) is 137 Å². The first-order chi connectivity index (χ1) is 12.7. The van der Waals surface area contributed by atoms with Crippen LogP contribution in [-0.2, 0) is 19.1 Å². The van der Waals surface area contributed by atoms with E-state index in [-0.39, 0.29) is 38.4 Å². The molecule has 1 rings (SSSR count). The number of β-amino-alcohol motifs (C(OH)–C–C–N with tert-alkyl or cyclic N) is 1. The van der Waals surface area contributed by atoms with Crippen molar-refractivity contribution in [1.82, 2.24) is 14.7 Å². The van der Waals surface area contributed by atoms with Gasteiger partial charge in [-0.3, -0.25) is 9.80 Å². The second-order valence-electron chi connectivity index (χ2n) is 5.46. The third kappa shape index (κ3) is 5.79. The lowest BCUT2D eigenvalue weighted by molar-refractivity contribution is -0.141. The average Bonchev–Trinajstić information content (AvgIpc) is 2.63. The number of imide groups is 1. The van der Waals surface area contributed by atoms with E-state index in [9.17, 15) is 24.3 Å². The molecule has 0 aliphatic carbocycles. The standard InChI is InChI=1S/C16H23N3O8/c1-4-12(21)26-9-6-18-14(23)17(5-8-20)15(24)19(16(18)25)7-10-27-13(22)11(2)3/h4,14,20,23H,1-2,5-10H2,3H3. The quantitative estimate of drug-likeness (QED) is 0.371. The zero-order chi connectivity index (χ0) is 20.6. The molecule has 1 fully saturated rings. The lowest BCUT2D eigenvalue weighted by atomic mass is 10.3. The summed E-state index contributed by atoms with van der Waals surface area (Å²) in [7, 11) is 0. The van der Waals surface area contributed by atoms with Crippen LogP contribution in [-0.4, -0.2) is 94.7 Å². The van der Waals surface area contributed by atoms with Gasteiger partial charge < -0.3 is 19.7 Å². The predicted molar refractivity (Wildman–Crippen MR) is 90.9 cm³/mol. The molecule has 0 aromatic carbocycles. The number of carbonyl (C=O) groups excluding carboxylic acids is 4. The van der Waals surface area contributed by atoms with Gasteiger partial charge in [0.1, 0.15) is 13.2 Å². The molecule has 1 heterocycles. The molecule has 11 heteroatoms. The van der Waals surface area contributed by atoms with Gasteiger partial charge >= 0.3 is 24.0 Å². The molecule has 1 unspecified atom stereocenters. The van der Waals surface area contributed by atoms with Crippen molar-refractivity contribution in [1.29, 1.82) is 0 Å². The Hall–Kier alpha value is -2.92. The van der Waals surface area contributed by atoms with Gasteiger partial charge in [0.2, 0.25) is 6.35 Å². The van der Waals surface area contributed by atoms with Crippen molar-refractivity contribution in [3.63, 3.8) is 0 Å². The summed E-state index contributed by atoms with van der Waals surface area (Å²) >= 11 is 0. The predicted octanol–water partition coefficient (Wildman–Crippen LogP) is -0.737. The molecule has 27 heavy (non-hydrogen) atoms. The van der Waals surface area contributed by atoms with Gasteiger partial charge in [0.25, 0.3) is 0 Å². The third-order valence-electron chi connectivity index (χ3n) is 3.49. The van der Waals surface area contributed by atoms with E-state index < -0.39 is 37.0 Å². The molecule has 0 bridgehead atoms. The smallest absolute Gasteiger partial charge is 0.333 e. The summed E-state index contributed by atoms with van der Waals surface area (Å²) in [6.07, 6.45) is -0.702. The van der Waals surface area contributed by atoms with Crippen molar-refractivity contribution in [3.8, 4) is 0 Å². The zero-order valence-corrected chi connectivity index (χ0v) is 15.0. The third-order valence-corrected chi connectivity index (χ3v) is 3.49. The van der Waals surface area contributed by atoms with Gasteiger partial charge in [-0.25, -0.2) is 24.1 Å². The number of urea groups is 2. The van der Waals surface area contributed by atoms with E-state index >= 15 is 0 Å². The first kappa shape index (κ1) is 22.1. The van der Waals surface area contributed by atoms with Gasteiger partial charge in [0.05, 0.1) is 19.7 Å². The summed E-state index contributed by atoms with van der Waals surface area (Å²) in [6.45, 7) is 6.42. The number of hydrogen-bond donors (Lipinski definition) is 2. The molecule has 0 radical (unpaired) electrons. The maximum atomic E-state index is 12.5. The Bertz CT molecular complexity index is 621. The molecule has 1 aliphatic heterocycles. The largest absolute Gasteiger partial charge is 0.461 e. The Balaban J connectivity index is 2.83. The minimum absolute atomic E-state index is 0.161. The fourth-order valence-electron chi connectivity index (χ4n) is 2.14. The van der Waals surface area contributed by atoms with E-state index in [1.165, 1.54) is 6.92 Å². The minimum atomic E-state index is -1.64. The van der Waals surface area contributed by atoms with Gasteiger partial charge in [0.15, 0.2) is 0 Å². The molecule has 11 nitrogen and oxygen atoms in total. The second-order valence-corrected chi connectivity index (χ2v) is 5.46. The molecular formula is C16H23N3O8. The molecular weight excluding hydrogens is 362 g/mol. The van der Waals surface area contributed by atoms with E-state index in [2.05, 4.69) is 13.2 Å². The molecule has 4 amide bonds. The molecule has 1 atom stereocenters. The van der Waals surface area contributed by atoms with Crippen LogP contribution < -0.4 is 0 Å². The lowest BCUT2D eigenvalue weighted by Gasteiger charge is -2.44. The van der Waals surface area contributed by atoms with Crippen LogP contribution in [0.1, 0.15) is 6.92 Å². The van der Waals surface area contributed by atoms with Crippen molar-refractivity contribution in [2.24, 2.45) is 0 Å². The van der Waals surface area contributed by atoms with Crippen molar-refractivity contribution < 1.29 is 38.9 Å². The molecule has 0 aromatic rings. The van der Waals surface area contributed by atoms with Crippen LogP contribution in [0.4, 0.5) is 9.59 Å². The van der Waals surface area contributed by atoms with Gasteiger partial charge in [-0.2, -0.15) is 0 Å². The van der Waals surface area contributed by atoms with Crippen LogP contribution in [0.15, 0.2) is 24.8 Å². The van der Waals surface area contributed by atoms with Crippen LogP contribution in [0.2, 0.25) is 0 Å². The summed E-state index contributed by atoms with van der Waals surface area (Å²) in [5.74, 6) is -1.38. The Labute approximate surface area is 156 Å². The van der Waals surface area contributed by atoms with Gasteiger partial charge in [-0.1, -0.05) is 13.2 Å². The summed E-state index contributed by atoms with van der Waals surface area (Å²) in [5.41, 5.74) is 0.161. The SMILES string of the molecule is C=CC(=O)OCCN1C(=O)N(CCOC(=O)C(=C)C)C(=O)N(CCO)C1O. The maximum absolute atomic E-state index is 12.5. The fourth-order valence-corrected chi connectivity index (χ4v) is 2.14. The molecule has 0 saturated carbocycles. The Morgan fingerprint density at radius 2 is 1.67 bits per heavy atom. The number of amides is 4. The fraction of sp³-hybridized carbons (Fsp3) is 0.500. The summed E-state index contributed by atoms with van der Waals surface area (Å²) in [6, 6.07) is -1.71. The Kier molecular flexibility index (Phi) is 8.42. The van der Waals surface area contributed by atoms with Crippen LogP contribution in [0.3, 0.4) is 0 Å². The highest BCUT2D eigenvalue weighted by atomic mass is 16.5. The van der Waals surface area contributed by atoms with E-state index in [0.29, 0.717) is 0 Å². The van der Waals surface area contributed by atoms with E-state index in [4.69, 9.17) is 14.6 Å². The van der Waals surface area contributed by atoms with E-state index in [1.807, 2.05) is 0 Å². The number of nitrogens with zero attached hydrogens (tertiary/aromatic N) is 3. The molecule has 1 saturated heterocycles. The number of ether oxygens (including phenoxy) is 2. The first-order valence-corrected chi connectivity index (χ1v) is 8.04. The van der Waals surface area contributed by atoms with Crippen molar-refractivity contribution >= 4 is 24.0 Å². The van der Waals surface area contributed by atoms with E-state index in [0.717, 1.165) is 20.8 Å².